The van der Waals surface area contributed by atoms with Crippen molar-refractivity contribution in [2.24, 2.45) is 11.8 Å². The maximum atomic E-state index is 13.2. The van der Waals surface area contributed by atoms with E-state index in [-0.39, 0.29) is 36.7 Å². The van der Waals surface area contributed by atoms with E-state index in [0.717, 1.165) is 47.9 Å². The molecule has 4 aliphatic rings. The lowest BCUT2D eigenvalue weighted by molar-refractivity contribution is -0.179. The lowest BCUT2D eigenvalue weighted by Crippen LogP contribution is -2.52. The van der Waals surface area contributed by atoms with Crippen LogP contribution in [0, 0.1) is 11.8 Å². The SMILES string of the molecule is O=C(O)C[C@@H]1O[C@@H](c2cccc(Cl)c2)[C@@H](c2ccc(Cl)cc2)N(CC2CC2)C1=O.O=C(O)C[C@H]1O[C@H](c2cccc(Cl)c2)[C@H](c2ccc(Cl)cc2)N(CC2CC2)C1=O. The van der Waals surface area contributed by atoms with Crippen molar-refractivity contribution in [2.75, 3.05) is 13.1 Å². The fourth-order valence-corrected chi connectivity index (χ4v) is 8.31. The summed E-state index contributed by atoms with van der Waals surface area (Å²) >= 11 is 24.6. The molecule has 2 aliphatic carbocycles. The summed E-state index contributed by atoms with van der Waals surface area (Å²) in [6.45, 7) is 1.17. The molecule has 0 aromatic heterocycles. The standard InChI is InChI=1S/2C22H21Cl2NO4/c2*23-16-8-6-14(7-9-16)20-21(15-2-1-3-17(24)10-15)29-18(11-19(26)27)22(28)25(20)12-13-4-5-13/h2*1-3,6-10,13,18,20-21H,4-5,11-12H2,(H,26,27)/t2*18-,20+,21-/m10/s1. The minimum Gasteiger partial charge on any atom is -0.481 e. The van der Waals surface area contributed by atoms with Crippen molar-refractivity contribution < 1.29 is 38.9 Å². The molecule has 8 rings (SSSR count). The zero-order chi connectivity index (χ0) is 41.1. The minimum absolute atomic E-state index is 0.280. The van der Waals surface area contributed by atoms with Crippen molar-refractivity contribution >= 4 is 70.2 Å². The van der Waals surface area contributed by atoms with Crippen molar-refractivity contribution in [3.05, 3.63) is 139 Å². The zero-order valence-corrected chi connectivity index (χ0v) is 34.3. The van der Waals surface area contributed by atoms with Crippen LogP contribution in [-0.4, -0.2) is 69.1 Å². The van der Waals surface area contributed by atoms with Gasteiger partial charge >= 0.3 is 11.9 Å². The molecule has 304 valence electrons. The Morgan fingerprint density at radius 1 is 0.534 bits per heavy atom. The molecule has 2 aliphatic heterocycles. The van der Waals surface area contributed by atoms with Crippen LogP contribution in [0.3, 0.4) is 0 Å². The van der Waals surface area contributed by atoms with E-state index >= 15 is 0 Å². The first kappa shape index (κ1) is 42.0. The number of carbonyl (C=O) groups excluding carboxylic acids is 2. The second-order valence-electron chi connectivity index (χ2n) is 15.3. The van der Waals surface area contributed by atoms with Crippen molar-refractivity contribution in [3.8, 4) is 0 Å². The number of ether oxygens (including phenoxy) is 2. The average molecular weight is 869 g/mol. The molecule has 6 atom stereocenters. The average Bonchev–Trinajstić information content (AvgIpc) is 4.13. The molecule has 2 amide bonds. The number of hydrogen-bond donors (Lipinski definition) is 2. The lowest BCUT2D eigenvalue weighted by atomic mass is 9.91. The third kappa shape index (κ3) is 10.3. The summed E-state index contributed by atoms with van der Waals surface area (Å²) in [6, 6.07) is 28.5. The van der Waals surface area contributed by atoms with E-state index in [9.17, 15) is 29.4 Å². The molecule has 0 radical (unpaired) electrons. The third-order valence-electron chi connectivity index (χ3n) is 10.8. The van der Waals surface area contributed by atoms with E-state index in [1.54, 1.807) is 58.3 Å². The number of morpholine rings is 2. The second-order valence-corrected chi connectivity index (χ2v) is 17.0. The smallest absolute Gasteiger partial charge is 0.306 e. The second kappa shape index (κ2) is 18.4. The van der Waals surface area contributed by atoms with Crippen molar-refractivity contribution in [2.45, 2.75) is 75.0 Å². The van der Waals surface area contributed by atoms with Gasteiger partial charge < -0.3 is 29.5 Å². The lowest BCUT2D eigenvalue weighted by Gasteiger charge is -2.45. The summed E-state index contributed by atoms with van der Waals surface area (Å²) in [7, 11) is 0. The Morgan fingerprint density at radius 2 is 0.897 bits per heavy atom. The van der Waals surface area contributed by atoms with Crippen LogP contribution < -0.4 is 0 Å². The number of carbonyl (C=O) groups is 4. The van der Waals surface area contributed by atoms with Gasteiger partial charge in [-0.15, -0.1) is 0 Å². The Morgan fingerprint density at radius 3 is 1.21 bits per heavy atom. The highest BCUT2D eigenvalue weighted by atomic mass is 35.5. The zero-order valence-electron chi connectivity index (χ0n) is 31.3. The van der Waals surface area contributed by atoms with Crippen LogP contribution in [0.15, 0.2) is 97.1 Å². The Bertz CT molecular complexity index is 1980. The molecule has 10 nitrogen and oxygen atoms in total. The van der Waals surface area contributed by atoms with Gasteiger partial charge in [-0.25, -0.2) is 0 Å². The first-order chi connectivity index (χ1) is 27.8. The van der Waals surface area contributed by atoms with E-state index in [4.69, 9.17) is 55.9 Å². The monoisotopic (exact) mass is 866 g/mol. The molecule has 0 bridgehead atoms. The number of aliphatic carboxylic acids is 2. The fraction of sp³-hybridized carbons (Fsp3) is 0.364. The van der Waals surface area contributed by atoms with Crippen LogP contribution in [0.4, 0.5) is 0 Å². The Kier molecular flexibility index (Phi) is 13.3. The molecule has 4 aromatic carbocycles. The summed E-state index contributed by atoms with van der Waals surface area (Å²) in [6.07, 6.45) is 0.429. The summed E-state index contributed by atoms with van der Waals surface area (Å²) in [5.41, 5.74) is 3.39. The Labute approximate surface area is 356 Å². The maximum Gasteiger partial charge on any atom is 0.306 e. The van der Waals surface area contributed by atoms with Gasteiger partial charge in [-0.2, -0.15) is 0 Å². The van der Waals surface area contributed by atoms with Crippen LogP contribution in [0.2, 0.25) is 20.1 Å². The number of nitrogens with zero attached hydrogens (tertiary/aromatic N) is 2. The van der Waals surface area contributed by atoms with Crippen LogP contribution in [0.5, 0.6) is 0 Å². The van der Waals surface area contributed by atoms with Crippen molar-refractivity contribution in [1.29, 1.82) is 0 Å². The molecule has 2 heterocycles. The van der Waals surface area contributed by atoms with Gasteiger partial charge in [-0.05, 0) is 108 Å². The van der Waals surface area contributed by atoms with Gasteiger partial charge in [0.05, 0.1) is 24.9 Å². The van der Waals surface area contributed by atoms with E-state index in [1.807, 2.05) is 48.5 Å². The van der Waals surface area contributed by atoms with E-state index in [0.29, 0.717) is 45.0 Å². The summed E-state index contributed by atoms with van der Waals surface area (Å²) < 4.78 is 12.2. The van der Waals surface area contributed by atoms with E-state index in [1.165, 1.54) is 0 Å². The van der Waals surface area contributed by atoms with Crippen molar-refractivity contribution in [1.82, 2.24) is 9.80 Å². The minimum atomic E-state index is -1.07. The van der Waals surface area contributed by atoms with Gasteiger partial charge in [0.15, 0.2) is 0 Å². The Hall–Kier alpha value is -4.16. The topological polar surface area (TPSA) is 134 Å². The summed E-state index contributed by atoms with van der Waals surface area (Å²) in [5, 5.41) is 20.9. The number of halogens is 4. The van der Waals surface area contributed by atoms with E-state index in [2.05, 4.69) is 0 Å². The molecular formula is C44H42Cl4N2O8. The number of amides is 2. The van der Waals surface area contributed by atoms with Crippen LogP contribution in [-0.2, 0) is 28.7 Å². The predicted octanol–water partition coefficient (Wildman–Crippen LogP) is 9.78. The normalized spacial score (nSPS) is 24.6. The molecule has 2 N–H and O–H groups in total. The highest BCUT2D eigenvalue weighted by molar-refractivity contribution is 6.31. The fourth-order valence-electron chi connectivity index (χ4n) is 7.66. The summed E-state index contributed by atoms with van der Waals surface area (Å²) in [5.74, 6) is -1.81. The number of hydrogen-bond acceptors (Lipinski definition) is 6. The molecule has 0 spiro atoms. The number of carboxylic acid groups (broad SMARTS) is 2. The highest BCUT2D eigenvalue weighted by Crippen LogP contribution is 2.47. The van der Waals surface area contributed by atoms with Crippen LogP contribution in [0.25, 0.3) is 0 Å². The van der Waals surface area contributed by atoms with Gasteiger partial charge in [0.2, 0.25) is 0 Å². The van der Waals surface area contributed by atoms with Gasteiger partial charge in [-0.1, -0.05) is 94.9 Å². The van der Waals surface area contributed by atoms with Gasteiger partial charge in [0.25, 0.3) is 11.8 Å². The summed E-state index contributed by atoms with van der Waals surface area (Å²) in [4.78, 5) is 52.7. The largest absolute Gasteiger partial charge is 0.481 e. The van der Waals surface area contributed by atoms with Crippen LogP contribution in [0.1, 0.15) is 85.1 Å². The highest BCUT2D eigenvalue weighted by Gasteiger charge is 2.48. The van der Waals surface area contributed by atoms with E-state index < -0.39 is 36.4 Å². The Balaban J connectivity index is 0.000000177. The molecule has 14 heteroatoms. The number of carboxylic acids is 2. The molecular weight excluding hydrogens is 826 g/mol. The molecule has 2 saturated carbocycles. The number of benzene rings is 4. The first-order valence-electron chi connectivity index (χ1n) is 19.2. The maximum absolute atomic E-state index is 13.2. The van der Waals surface area contributed by atoms with Crippen LogP contribution >= 0.6 is 46.4 Å². The molecule has 2 saturated heterocycles. The first-order valence-corrected chi connectivity index (χ1v) is 20.7. The van der Waals surface area contributed by atoms with Gasteiger partial charge in [0.1, 0.15) is 24.4 Å². The molecule has 0 unspecified atom stereocenters. The van der Waals surface area contributed by atoms with Gasteiger partial charge in [0, 0.05) is 33.2 Å². The van der Waals surface area contributed by atoms with Crippen molar-refractivity contribution in [3.63, 3.8) is 0 Å². The molecule has 4 fully saturated rings. The third-order valence-corrected chi connectivity index (χ3v) is 11.8. The quantitative estimate of drug-likeness (QED) is 0.144. The molecule has 4 aromatic rings. The predicted molar refractivity (Wildman–Crippen MR) is 220 cm³/mol. The molecule has 58 heavy (non-hydrogen) atoms. The number of rotatable bonds is 12. The van der Waals surface area contributed by atoms with Gasteiger partial charge in [-0.3, -0.25) is 19.2 Å².